The van der Waals surface area contributed by atoms with Gasteiger partial charge in [-0.1, -0.05) is 23.8 Å². The van der Waals surface area contributed by atoms with Crippen molar-refractivity contribution >= 4 is 45.7 Å². The Bertz CT molecular complexity index is 531. The second-order valence-corrected chi connectivity index (χ2v) is 7.15. The lowest BCUT2D eigenvalue weighted by molar-refractivity contribution is -0.116. The van der Waals surface area contributed by atoms with Gasteiger partial charge in [0.1, 0.15) is 0 Å². The van der Waals surface area contributed by atoms with Gasteiger partial charge in [-0.15, -0.1) is 11.6 Å². The minimum absolute atomic E-state index is 0.0146. The fraction of sp³-hybridized carbons (Fsp3) is 0.267. The predicted octanol–water partition coefficient (Wildman–Crippen LogP) is 5.09. The van der Waals surface area contributed by atoms with Crippen molar-refractivity contribution in [3.8, 4) is 0 Å². The SMILES string of the molecule is O=C(CCCCCl)Nc1cc(Cl)ccc1[SH]1C=CC=C1. The molecule has 1 amide bonds. The van der Waals surface area contributed by atoms with Crippen LogP contribution in [0.4, 0.5) is 5.69 Å². The predicted molar refractivity (Wildman–Crippen MR) is 90.2 cm³/mol. The molecule has 0 saturated heterocycles. The number of unbranched alkanes of at least 4 members (excludes halogenated alkanes) is 1. The molecule has 0 unspecified atom stereocenters. The van der Waals surface area contributed by atoms with Crippen LogP contribution in [0.1, 0.15) is 19.3 Å². The summed E-state index contributed by atoms with van der Waals surface area (Å²) in [5.41, 5.74) is 0.815. The van der Waals surface area contributed by atoms with Crippen molar-refractivity contribution in [2.45, 2.75) is 24.2 Å². The molecule has 108 valence electrons. The Balaban J connectivity index is 2.09. The van der Waals surface area contributed by atoms with Crippen LogP contribution >= 0.6 is 34.1 Å². The number of anilines is 1. The number of amides is 1. The van der Waals surface area contributed by atoms with Gasteiger partial charge in [0, 0.05) is 22.2 Å². The third-order valence-corrected chi connectivity index (χ3v) is 5.34. The monoisotopic (exact) mass is 329 g/mol. The lowest BCUT2D eigenvalue weighted by Crippen LogP contribution is -2.12. The van der Waals surface area contributed by atoms with Gasteiger partial charge in [-0.25, -0.2) is 0 Å². The minimum atomic E-state index is -0.476. The average Bonchev–Trinajstić information content (AvgIpc) is 2.93. The molecule has 0 spiro atoms. The Morgan fingerprint density at radius 3 is 2.65 bits per heavy atom. The van der Waals surface area contributed by atoms with E-state index in [2.05, 4.69) is 16.1 Å². The molecular formula is C15H17Cl2NOS. The lowest BCUT2D eigenvalue weighted by atomic mass is 10.2. The highest BCUT2D eigenvalue weighted by molar-refractivity contribution is 8.22. The molecule has 0 fully saturated rings. The van der Waals surface area contributed by atoms with E-state index in [1.54, 1.807) is 0 Å². The maximum atomic E-state index is 11.9. The molecule has 0 aliphatic carbocycles. The number of alkyl halides is 1. The first-order valence-corrected chi connectivity index (χ1v) is 8.88. The van der Waals surface area contributed by atoms with Gasteiger partial charge in [0.2, 0.25) is 5.91 Å². The molecule has 1 aromatic carbocycles. The van der Waals surface area contributed by atoms with Crippen molar-refractivity contribution in [2.75, 3.05) is 11.2 Å². The molecule has 0 saturated carbocycles. The first kappa shape index (κ1) is 15.5. The molecule has 0 aromatic heterocycles. The number of allylic oxidation sites excluding steroid dienone is 2. The van der Waals surface area contributed by atoms with Gasteiger partial charge in [-0.2, -0.15) is 10.9 Å². The van der Waals surface area contributed by atoms with E-state index in [1.165, 1.54) is 0 Å². The average molecular weight is 330 g/mol. The summed E-state index contributed by atoms with van der Waals surface area (Å²) in [7, 11) is -0.476. The fourth-order valence-corrected chi connectivity index (χ4v) is 3.92. The largest absolute Gasteiger partial charge is 0.325 e. The van der Waals surface area contributed by atoms with Gasteiger partial charge in [0.05, 0.1) is 5.69 Å². The zero-order valence-corrected chi connectivity index (χ0v) is 13.4. The van der Waals surface area contributed by atoms with Crippen LogP contribution in [0, 0.1) is 0 Å². The maximum Gasteiger partial charge on any atom is 0.224 e. The Kier molecular flexibility index (Phi) is 6.02. The van der Waals surface area contributed by atoms with Crippen LogP contribution in [0.25, 0.3) is 0 Å². The zero-order valence-electron chi connectivity index (χ0n) is 11.0. The number of carbonyl (C=O) groups is 1. The highest BCUT2D eigenvalue weighted by Gasteiger charge is 2.12. The topological polar surface area (TPSA) is 29.1 Å². The van der Waals surface area contributed by atoms with Crippen LogP contribution < -0.4 is 5.32 Å². The summed E-state index contributed by atoms with van der Waals surface area (Å²) in [6, 6.07) is 5.67. The third kappa shape index (κ3) is 4.30. The highest BCUT2D eigenvalue weighted by atomic mass is 35.5. The lowest BCUT2D eigenvalue weighted by Gasteiger charge is -2.17. The number of halogens is 2. The molecule has 2 nitrogen and oxygen atoms in total. The van der Waals surface area contributed by atoms with E-state index in [-0.39, 0.29) is 5.91 Å². The number of hydrogen-bond donors (Lipinski definition) is 2. The van der Waals surface area contributed by atoms with Crippen molar-refractivity contribution in [2.24, 2.45) is 0 Å². The van der Waals surface area contributed by atoms with E-state index in [9.17, 15) is 4.79 Å². The van der Waals surface area contributed by atoms with E-state index >= 15 is 0 Å². The second-order valence-electron chi connectivity index (χ2n) is 4.45. The van der Waals surface area contributed by atoms with Crippen LogP contribution in [-0.2, 0) is 4.79 Å². The number of benzene rings is 1. The fourth-order valence-electron chi connectivity index (χ4n) is 1.92. The number of thiol groups is 1. The Hall–Kier alpha value is -0.900. The summed E-state index contributed by atoms with van der Waals surface area (Å²) in [5.74, 6) is 0.608. The van der Waals surface area contributed by atoms with Crippen LogP contribution in [0.2, 0.25) is 5.02 Å². The first-order chi connectivity index (χ1) is 9.70. The molecule has 0 atom stereocenters. The summed E-state index contributed by atoms with van der Waals surface area (Å²) in [4.78, 5) is 13.1. The molecular weight excluding hydrogens is 313 g/mol. The summed E-state index contributed by atoms with van der Waals surface area (Å²) in [6.45, 7) is 0. The molecule has 1 aliphatic rings. The Morgan fingerprint density at radius 1 is 1.20 bits per heavy atom. The summed E-state index contributed by atoms with van der Waals surface area (Å²) >= 11 is 11.7. The van der Waals surface area contributed by atoms with Gasteiger partial charge in [0.15, 0.2) is 0 Å². The second kappa shape index (κ2) is 7.77. The van der Waals surface area contributed by atoms with Crippen molar-refractivity contribution in [1.82, 2.24) is 0 Å². The highest BCUT2D eigenvalue weighted by Crippen LogP contribution is 2.46. The third-order valence-electron chi connectivity index (χ3n) is 2.90. The van der Waals surface area contributed by atoms with E-state index in [4.69, 9.17) is 23.2 Å². The summed E-state index contributed by atoms with van der Waals surface area (Å²) < 4.78 is 0. The van der Waals surface area contributed by atoms with Crippen LogP contribution in [-0.4, -0.2) is 11.8 Å². The number of nitrogens with one attached hydrogen (secondary N) is 1. The first-order valence-electron chi connectivity index (χ1n) is 6.49. The Morgan fingerprint density at radius 2 is 1.95 bits per heavy atom. The number of hydrogen-bond acceptors (Lipinski definition) is 1. The van der Waals surface area contributed by atoms with E-state index in [0.717, 1.165) is 23.4 Å². The molecule has 0 radical (unpaired) electrons. The van der Waals surface area contributed by atoms with Crippen molar-refractivity contribution in [1.29, 1.82) is 0 Å². The smallest absolute Gasteiger partial charge is 0.224 e. The normalized spacial score (nSPS) is 14.8. The van der Waals surface area contributed by atoms with Crippen LogP contribution in [0.15, 0.2) is 46.1 Å². The van der Waals surface area contributed by atoms with E-state index < -0.39 is 10.9 Å². The molecule has 1 aliphatic heterocycles. The van der Waals surface area contributed by atoms with Crippen LogP contribution in [0.5, 0.6) is 0 Å². The molecule has 1 heterocycles. The molecule has 0 bridgehead atoms. The summed E-state index contributed by atoms with van der Waals surface area (Å²) in [6.07, 6.45) is 6.22. The minimum Gasteiger partial charge on any atom is -0.325 e. The van der Waals surface area contributed by atoms with Gasteiger partial charge >= 0.3 is 0 Å². The van der Waals surface area contributed by atoms with Crippen LogP contribution in [0.3, 0.4) is 0 Å². The molecule has 5 heteroatoms. The van der Waals surface area contributed by atoms with Crippen molar-refractivity contribution in [3.63, 3.8) is 0 Å². The van der Waals surface area contributed by atoms with E-state index in [1.807, 2.05) is 30.4 Å². The molecule has 1 aromatic rings. The van der Waals surface area contributed by atoms with Gasteiger partial charge in [-0.05, 0) is 41.9 Å². The molecule has 20 heavy (non-hydrogen) atoms. The zero-order chi connectivity index (χ0) is 14.4. The van der Waals surface area contributed by atoms with E-state index in [0.29, 0.717) is 17.3 Å². The van der Waals surface area contributed by atoms with Crippen molar-refractivity contribution in [3.05, 3.63) is 46.2 Å². The maximum absolute atomic E-state index is 11.9. The quantitative estimate of drug-likeness (QED) is 0.425. The standard InChI is InChI=1S/C15H17Cl2NOS/c16-8-2-1-5-15(19)18-13-11-12(17)6-7-14(13)20-9-3-4-10-20/h3-4,6-7,9-11,20H,1-2,5,8H2,(H,18,19). The van der Waals surface area contributed by atoms with Gasteiger partial charge in [-0.3, -0.25) is 4.79 Å². The molecule has 1 N–H and O–H groups in total. The van der Waals surface area contributed by atoms with Crippen molar-refractivity contribution < 1.29 is 4.79 Å². The summed E-state index contributed by atoms with van der Waals surface area (Å²) in [5, 5.41) is 7.91. The Labute approximate surface area is 132 Å². The number of rotatable bonds is 6. The molecule has 2 rings (SSSR count). The number of carbonyl (C=O) groups excluding carboxylic acids is 1. The van der Waals surface area contributed by atoms with Gasteiger partial charge in [0.25, 0.3) is 0 Å². The van der Waals surface area contributed by atoms with Gasteiger partial charge < -0.3 is 5.32 Å².